The van der Waals surface area contributed by atoms with Gasteiger partial charge in [-0.3, -0.25) is 9.48 Å². The van der Waals surface area contributed by atoms with Crippen molar-refractivity contribution >= 4 is 27.4 Å². The molecule has 1 fully saturated rings. The van der Waals surface area contributed by atoms with E-state index in [1.807, 2.05) is 12.3 Å². The van der Waals surface area contributed by atoms with E-state index in [2.05, 4.69) is 5.10 Å². The quantitative estimate of drug-likeness (QED) is 0.374. The molecule has 0 saturated carbocycles. The molecule has 222 valence electrons. The van der Waals surface area contributed by atoms with E-state index in [0.29, 0.717) is 37.2 Å². The topological polar surface area (TPSA) is 113 Å². The highest BCUT2D eigenvalue weighted by Gasteiger charge is 2.35. The van der Waals surface area contributed by atoms with Gasteiger partial charge in [-0.2, -0.15) is 26.7 Å². The Kier molecular flexibility index (Phi) is 8.16. The fourth-order valence-corrected chi connectivity index (χ4v) is 6.41. The lowest BCUT2D eigenvalue weighted by Gasteiger charge is -2.31. The first-order valence-electron chi connectivity index (χ1n) is 12.9. The molecule has 0 spiro atoms. The van der Waals surface area contributed by atoms with Crippen LogP contribution in [0.25, 0.3) is 0 Å². The summed E-state index contributed by atoms with van der Waals surface area (Å²) in [5.41, 5.74) is 2.22. The molecule has 1 aromatic carbocycles. The molecule has 1 atom stereocenters. The maximum atomic E-state index is 12.9. The number of aryl methyl sites for hydroxylation is 2. The van der Waals surface area contributed by atoms with Crippen molar-refractivity contribution in [3.63, 3.8) is 0 Å². The van der Waals surface area contributed by atoms with E-state index in [-0.39, 0.29) is 43.0 Å². The number of carbonyl (C=O) groups is 1. The van der Waals surface area contributed by atoms with Gasteiger partial charge in [0.2, 0.25) is 12.2 Å². The number of rotatable bonds is 6. The molecule has 41 heavy (non-hydrogen) atoms. The first-order valence-corrected chi connectivity index (χ1v) is 15.6. The molecule has 0 N–H and O–H groups in total. The van der Waals surface area contributed by atoms with Crippen LogP contribution < -0.4 is 4.18 Å². The van der Waals surface area contributed by atoms with E-state index in [4.69, 9.17) is 18.6 Å². The van der Waals surface area contributed by atoms with Gasteiger partial charge >= 0.3 is 16.3 Å². The lowest BCUT2D eigenvalue weighted by Crippen LogP contribution is -2.40. The minimum atomic E-state index is -4.56. The van der Waals surface area contributed by atoms with Gasteiger partial charge < -0.3 is 18.6 Å². The second kappa shape index (κ2) is 11.3. The van der Waals surface area contributed by atoms with Crippen molar-refractivity contribution in [3.8, 4) is 5.75 Å². The zero-order valence-electron chi connectivity index (χ0n) is 22.6. The Labute approximate surface area is 239 Å². The summed E-state index contributed by atoms with van der Waals surface area (Å²) in [6.45, 7) is 4.34. The third kappa shape index (κ3) is 6.74. The summed E-state index contributed by atoms with van der Waals surface area (Å²) in [6, 6.07) is 4.31. The predicted octanol–water partition coefficient (Wildman–Crippen LogP) is 4.47. The fourth-order valence-electron chi connectivity index (χ4n) is 4.94. The molecule has 10 nitrogen and oxygen atoms in total. The van der Waals surface area contributed by atoms with Crippen LogP contribution in [-0.4, -0.2) is 53.3 Å². The lowest BCUT2D eigenvalue weighted by molar-refractivity contribution is -0.155. The van der Waals surface area contributed by atoms with Crippen LogP contribution in [0.5, 0.6) is 5.75 Å². The molecule has 1 saturated heterocycles. The lowest BCUT2D eigenvalue weighted by atomic mass is 9.97. The van der Waals surface area contributed by atoms with Crippen LogP contribution in [0.3, 0.4) is 0 Å². The van der Waals surface area contributed by atoms with Crippen LogP contribution in [0.2, 0.25) is 0 Å². The number of likely N-dealkylation sites (tertiary alicyclic amines) is 1. The van der Waals surface area contributed by atoms with Crippen molar-refractivity contribution in [2.75, 3.05) is 19.3 Å². The average molecular weight is 615 g/mol. The Morgan fingerprint density at radius 1 is 1.15 bits per heavy atom. The first kappa shape index (κ1) is 29.5. The van der Waals surface area contributed by atoms with E-state index in [1.54, 1.807) is 17.0 Å². The Morgan fingerprint density at radius 2 is 1.83 bits per heavy atom. The molecule has 1 amide bonds. The number of alkyl halides is 3. The number of hydrogen-bond acceptors (Lipinski definition) is 9. The number of amides is 1. The molecule has 15 heteroatoms. The SMILES string of the molecule is Cc1ccc(OS(C)(=O)=O)c2c1COC(c1csc(C3CCN(C(=O)Cn4nc(C(F)(F)F)cc4C)CC3)n1)OC2. The molecular formula is C26H29F3N4O6S2. The highest BCUT2D eigenvalue weighted by Crippen LogP contribution is 2.37. The van der Waals surface area contributed by atoms with Crippen molar-refractivity contribution in [1.29, 1.82) is 0 Å². The van der Waals surface area contributed by atoms with Gasteiger partial charge in [0.1, 0.15) is 18.0 Å². The van der Waals surface area contributed by atoms with E-state index in [9.17, 15) is 26.4 Å². The molecule has 2 aliphatic heterocycles. The van der Waals surface area contributed by atoms with Crippen molar-refractivity contribution in [1.82, 2.24) is 19.7 Å². The Hall–Kier alpha value is -3.01. The number of thiazole rings is 1. The third-order valence-electron chi connectivity index (χ3n) is 7.16. The van der Waals surface area contributed by atoms with Crippen LogP contribution in [-0.2, 0) is 50.3 Å². The summed E-state index contributed by atoms with van der Waals surface area (Å²) in [7, 11) is -3.72. The number of piperidine rings is 1. The van der Waals surface area contributed by atoms with Gasteiger partial charge in [0, 0.05) is 35.6 Å². The number of carbonyl (C=O) groups excluding carboxylic acids is 1. The summed E-state index contributed by atoms with van der Waals surface area (Å²) in [5.74, 6) is 0.0414. The maximum Gasteiger partial charge on any atom is 0.435 e. The van der Waals surface area contributed by atoms with E-state index in [0.717, 1.165) is 33.1 Å². The third-order valence-corrected chi connectivity index (χ3v) is 8.66. The van der Waals surface area contributed by atoms with Gasteiger partial charge in [0.25, 0.3) is 0 Å². The summed E-state index contributed by atoms with van der Waals surface area (Å²) < 4.78 is 80.5. The summed E-state index contributed by atoms with van der Waals surface area (Å²) >= 11 is 1.47. The Bertz CT molecular complexity index is 1540. The maximum absolute atomic E-state index is 12.9. The number of halogens is 3. The van der Waals surface area contributed by atoms with E-state index in [1.165, 1.54) is 18.3 Å². The number of ether oxygens (including phenoxy) is 2. The molecule has 4 heterocycles. The van der Waals surface area contributed by atoms with Gasteiger partial charge in [-0.25, -0.2) is 4.98 Å². The number of aromatic nitrogens is 3. The second-order valence-corrected chi connectivity index (χ2v) is 12.6. The number of hydrogen-bond donors (Lipinski definition) is 0. The summed E-state index contributed by atoms with van der Waals surface area (Å²) in [6.07, 6.45) is -3.00. The molecule has 5 rings (SSSR count). The van der Waals surface area contributed by atoms with Gasteiger partial charge in [-0.15, -0.1) is 11.3 Å². The zero-order chi connectivity index (χ0) is 29.5. The molecule has 3 aromatic rings. The minimum absolute atomic E-state index is 0.0834. The monoisotopic (exact) mass is 614 g/mol. The van der Waals surface area contributed by atoms with Crippen molar-refractivity contribution in [2.24, 2.45) is 0 Å². The van der Waals surface area contributed by atoms with Gasteiger partial charge in [-0.1, -0.05) is 6.07 Å². The minimum Gasteiger partial charge on any atom is -0.382 e. The van der Waals surface area contributed by atoms with Crippen LogP contribution in [0, 0.1) is 13.8 Å². The molecule has 0 aliphatic carbocycles. The Morgan fingerprint density at radius 3 is 2.46 bits per heavy atom. The van der Waals surface area contributed by atoms with Crippen LogP contribution in [0.4, 0.5) is 13.2 Å². The highest BCUT2D eigenvalue weighted by molar-refractivity contribution is 7.86. The zero-order valence-corrected chi connectivity index (χ0v) is 24.2. The number of benzene rings is 1. The average Bonchev–Trinajstić information content (AvgIpc) is 3.46. The highest BCUT2D eigenvalue weighted by atomic mass is 32.2. The summed E-state index contributed by atoms with van der Waals surface area (Å²) in [5, 5.41) is 6.30. The van der Waals surface area contributed by atoms with Gasteiger partial charge in [0.05, 0.1) is 24.5 Å². The van der Waals surface area contributed by atoms with Gasteiger partial charge in [0.15, 0.2) is 5.69 Å². The van der Waals surface area contributed by atoms with Crippen LogP contribution in [0.15, 0.2) is 23.6 Å². The molecule has 0 radical (unpaired) electrons. The number of fused-ring (bicyclic) bond motifs is 1. The molecule has 2 aromatic heterocycles. The molecular weight excluding hydrogens is 585 g/mol. The van der Waals surface area contributed by atoms with Crippen LogP contribution in [0.1, 0.15) is 63.8 Å². The molecule has 2 aliphatic rings. The number of nitrogens with zero attached hydrogens (tertiary/aromatic N) is 4. The summed E-state index contributed by atoms with van der Waals surface area (Å²) in [4.78, 5) is 19.2. The molecule has 0 bridgehead atoms. The smallest absolute Gasteiger partial charge is 0.382 e. The van der Waals surface area contributed by atoms with E-state index < -0.39 is 28.3 Å². The second-order valence-electron chi connectivity index (χ2n) is 10.2. The first-order chi connectivity index (χ1) is 19.3. The fraction of sp³-hybridized carbons (Fsp3) is 0.500. The standard InChI is InChI=1S/C26H29F3N4O6S2/c1-15-4-5-21(39-41(3,35)36)19-13-38-25(37-12-18(15)19)20-14-40-24(30-20)17-6-8-32(9-7-17)23(34)11-33-16(2)10-22(31-33)26(27,28)29/h4-5,10,14,17,25H,6-9,11-13H2,1-3H3. The Balaban J connectivity index is 1.19. The predicted molar refractivity (Wildman–Crippen MR) is 142 cm³/mol. The van der Waals surface area contributed by atoms with Crippen molar-refractivity contribution < 1.29 is 40.0 Å². The van der Waals surface area contributed by atoms with Crippen LogP contribution >= 0.6 is 11.3 Å². The van der Waals surface area contributed by atoms with Gasteiger partial charge in [-0.05, 0) is 49.9 Å². The van der Waals surface area contributed by atoms with Crippen molar-refractivity contribution in [3.05, 3.63) is 62.4 Å². The largest absolute Gasteiger partial charge is 0.435 e. The van der Waals surface area contributed by atoms with Crippen molar-refractivity contribution in [2.45, 2.75) is 64.8 Å². The normalized spacial score (nSPS) is 18.7. The molecule has 1 unspecified atom stereocenters. The van der Waals surface area contributed by atoms with E-state index >= 15 is 0 Å².